The van der Waals surface area contributed by atoms with E-state index in [2.05, 4.69) is 12.2 Å². The molecule has 0 spiro atoms. The molecule has 0 saturated carbocycles. The Morgan fingerprint density at radius 1 is 1.50 bits per heavy atom. The number of carbonyl (C=O) groups excluding carboxylic acids is 1. The number of rotatable bonds is 6. The fourth-order valence-corrected chi connectivity index (χ4v) is 2.56. The Hall–Kier alpha value is -0.730. The molecule has 2 bridgehead atoms. The molecule has 2 fully saturated rings. The molecular weight excluding hydrogens is 266 g/mol. The van der Waals surface area contributed by atoms with Crippen molar-refractivity contribution in [2.75, 3.05) is 19.8 Å². The summed E-state index contributed by atoms with van der Waals surface area (Å²) >= 11 is 0. The molecular formula is C13H23NO6. The van der Waals surface area contributed by atoms with Crippen molar-refractivity contribution in [3.8, 4) is 0 Å². The maximum absolute atomic E-state index is 11.1. The van der Waals surface area contributed by atoms with Gasteiger partial charge in [-0.2, -0.15) is 0 Å². The third kappa shape index (κ3) is 2.96. The molecule has 0 aromatic carbocycles. The van der Waals surface area contributed by atoms with Crippen molar-refractivity contribution in [1.82, 2.24) is 5.32 Å². The number of carbonyl (C=O) groups is 1. The van der Waals surface area contributed by atoms with E-state index in [0.717, 1.165) is 12.8 Å². The van der Waals surface area contributed by atoms with E-state index in [1.165, 1.54) is 6.92 Å². The molecule has 116 valence electrons. The van der Waals surface area contributed by atoms with Crippen molar-refractivity contribution in [3.63, 3.8) is 0 Å². The molecule has 0 unspecified atom stereocenters. The Labute approximate surface area is 118 Å². The van der Waals surface area contributed by atoms with Crippen molar-refractivity contribution in [2.24, 2.45) is 0 Å². The Bertz CT molecular complexity index is 352. The highest BCUT2D eigenvalue weighted by Gasteiger charge is 2.59. The van der Waals surface area contributed by atoms with Crippen molar-refractivity contribution in [3.05, 3.63) is 0 Å². The molecule has 20 heavy (non-hydrogen) atoms. The minimum atomic E-state index is -1.17. The second-order valence-corrected chi connectivity index (χ2v) is 5.43. The molecule has 7 heteroatoms. The molecule has 2 saturated heterocycles. The lowest BCUT2D eigenvalue weighted by molar-refractivity contribution is -0.237. The number of nitrogens with one attached hydrogen (secondary N) is 1. The first kappa shape index (κ1) is 15.7. The maximum Gasteiger partial charge on any atom is 0.217 e. The number of aliphatic hydroxyl groups excluding tert-OH is 2. The van der Waals surface area contributed by atoms with E-state index in [4.69, 9.17) is 14.2 Å². The van der Waals surface area contributed by atoms with Crippen molar-refractivity contribution >= 4 is 5.91 Å². The van der Waals surface area contributed by atoms with Crippen LogP contribution in [0.5, 0.6) is 0 Å². The van der Waals surface area contributed by atoms with Gasteiger partial charge in [-0.1, -0.05) is 13.3 Å². The first-order chi connectivity index (χ1) is 9.50. The maximum atomic E-state index is 11.1. The van der Waals surface area contributed by atoms with Crippen LogP contribution in [-0.2, 0) is 19.0 Å². The van der Waals surface area contributed by atoms with E-state index in [-0.39, 0.29) is 19.1 Å². The molecule has 2 rings (SSSR count). The summed E-state index contributed by atoms with van der Waals surface area (Å²) in [7, 11) is 0. The molecule has 1 amide bonds. The second kappa shape index (κ2) is 6.36. The van der Waals surface area contributed by atoms with Crippen LogP contribution in [0.15, 0.2) is 0 Å². The smallest absolute Gasteiger partial charge is 0.217 e. The van der Waals surface area contributed by atoms with E-state index < -0.39 is 30.1 Å². The van der Waals surface area contributed by atoms with Gasteiger partial charge >= 0.3 is 0 Å². The van der Waals surface area contributed by atoms with Gasteiger partial charge in [-0.05, 0) is 6.42 Å². The summed E-state index contributed by atoms with van der Waals surface area (Å²) in [6.07, 6.45) is -1.13. The molecule has 3 N–H and O–H groups in total. The molecule has 2 aliphatic heterocycles. The quantitative estimate of drug-likeness (QED) is 0.551. The highest BCUT2D eigenvalue weighted by molar-refractivity contribution is 5.73. The van der Waals surface area contributed by atoms with Gasteiger partial charge in [0.1, 0.15) is 23.9 Å². The SMILES string of the molecule is CCCCOC[C@@]12CO[C@@H](O1)[C@H](NC(C)=O)[C@@H](O)[C@H]2O. The Morgan fingerprint density at radius 3 is 2.90 bits per heavy atom. The van der Waals surface area contributed by atoms with Crippen LogP contribution in [0.4, 0.5) is 0 Å². The summed E-state index contributed by atoms with van der Waals surface area (Å²) in [6, 6.07) is -0.770. The molecule has 7 nitrogen and oxygen atoms in total. The van der Waals surface area contributed by atoms with E-state index in [0.29, 0.717) is 6.61 Å². The third-order valence-electron chi connectivity index (χ3n) is 3.72. The Balaban J connectivity index is 1.99. The lowest BCUT2D eigenvalue weighted by atomic mass is 9.88. The predicted octanol–water partition coefficient (Wildman–Crippen LogP) is -0.845. The highest BCUT2D eigenvalue weighted by atomic mass is 16.7. The molecule has 5 atom stereocenters. The highest BCUT2D eigenvalue weighted by Crippen LogP contribution is 2.37. The van der Waals surface area contributed by atoms with Gasteiger partial charge in [0.05, 0.1) is 13.2 Å². The van der Waals surface area contributed by atoms with Crippen LogP contribution >= 0.6 is 0 Å². The summed E-state index contributed by atoms with van der Waals surface area (Å²) in [5, 5.41) is 23.0. The van der Waals surface area contributed by atoms with Gasteiger partial charge in [0.25, 0.3) is 0 Å². The van der Waals surface area contributed by atoms with Crippen LogP contribution in [0, 0.1) is 0 Å². The number of hydrogen-bond acceptors (Lipinski definition) is 6. The average molecular weight is 289 g/mol. The zero-order chi connectivity index (χ0) is 14.8. The van der Waals surface area contributed by atoms with Crippen LogP contribution in [0.1, 0.15) is 26.7 Å². The van der Waals surface area contributed by atoms with E-state index in [9.17, 15) is 15.0 Å². The van der Waals surface area contributed by atoms with Gasteiger partial charge < -0.3 is 29.7 Å². The molecule has 0 aromatic heterocycles. The van der Waals surface area contributed by atoms with Gasteiger partial charge in [-0.3, -0.25) is 4.79 Å². The van der Waals surface area contributed by atoms with Crippen LogP contribution < -0.4 is 5.32 Å². The van der Waals surface area contributed by atoms with Gasteiger partial charge in [0.15, 0.2) is 6.29 Å². The van der Waals surface area contributed by atoms with E-state index in [1.807, 2.05) is 0 Å². The van der Waals surface area contributed by atoms with Crippen LogP contribution in [0.2, 0.25) is 0 Å². The average Bonchev–Trinajstić information content (AvgIpc) is 2.81. The molecule has 0 radical (unpaired) electrons. The first-order valence-corrected chi connectivity index (χ1v) is 7.00. The summed E-state index contributed by atoms with van der Waals surface area (Å²) in [5.74, 6) is -0.313. The number of amides is 1. The topological polar surface area (TPSA) is 97.2 Å². The van der Waals surface area contributed by atoms with Gasteiger partial charge in [-0.25, -0.2) is 0 Å². The summed E-state index contributed by atoms with van der Waals surface area (Å²) in [5.41, 5.74) is -1.05. The largest absolute Gasteiger partial charge is 0.388 e. The van der Waals surface area contributed by atoms with E-state index in [1.54, 1.807) is 0 Å². The fourth-order valence-electron chi connectivity index (χ4n) is 2.56. The zero-order valence-corrected chi connectivity index (χ0v) is 11.9. The number of fused-ring (bicyclic) bond motifs is 2. The van der Waals surface area contributed by atoms with Gasteiger partial charge in [0.2, 0.25) is 5.91 Å². The summed E-state index contributed by atoms with van der Waals surface area (Å²) in [4.78, 5) is 11.1. The standard InChI is InChI=1S/C13H23NO6/c1-3-4-5-18-6-13-7-19-12(20-13)9(14-8(2)15)10(16)11(13)17/h9-12,16-17H,3-7H2,1-2H3,(H,14,15)/t9-,10-,11-,12+,13+/m1/s1. The number of hydrogen-bond donors (Lipinski definition) is 3. The minimum absolute atomic E-state index is 0.137. The Kier molecular flexibility index (Phi) is 4.98. The third-order valence-corrected chi connectivity index (χ3v) is 3.72. The van der Waals surface area contributed by atoms with Crippen LogP contribution in [0.3, 0.4) is 0 Å². The molecule has 2 aliphatic rings. The lowest BCUT2D eigenvalue weighted by Gasteiger charge is -2.42. The second-order valence-electron chi connectivity index (χ2n) is 5.43. The monoisotopic (exact) mass is 289 g/mol. The molecule has 2 heterocycles. The number of aliphatic hydroxyl groups is 2. The van der Waals surface area contributed by atoms with Gasteiger partial charge in [0, 0.05) is 13.5 Å². The van der Waals surface area contributed by atoms with Crippen LogP contribution in [-0.4, -0.2) is 66.1 Å². The lowest BCUT2D eigenvalue weighted by Crippen LogP contribution is -2.66. The normalized spacial score (nSPS) is 39.8. The first-order valence-electron chi connectivity index (χ1n) is 7.00. The Morgan fingerprint density at radius 2 is 2.25 bits per heavy atom. The van der Waals surface area contributed by atoms with E-state index >= 15 is 0 Å². The summed E-state index contributed by atoms with van der Waals surface area (Å²) < 4.78 is 16.7. The minimum Gasteiger partial charge on any atom is -0.388 e. The zero-order valence-electron chi connectivity index (χ0n) is 11.9. The molecule has 0 aliphatic carbocycles. The van der Waals surface area contributed by atoms with Crippen molar-refractivity contribution < 1.29 is 29.2 Å². The van der Waals surface area contributed by atoms with Crippen molar-refractivity contribution in [1.29, 1.82) is 0 Å². The van der Waals surface area contributed by atoms with Crippen molar-refractivity contribution in [2.45, 2.75) is 56.8 Å². The summed E-state index contributed by atoms with van der Waals surface area (Å²) in [6.45, 7) is 4.27. The van der Waals surface area contributed by atoms with Gasteiger partial charge in [-0.15, -0.1) is 0 Å². The molecule has 0 aromatic rings. The number of ether oxygens (including phenoxy) is 3. The number of unbranched alkanes of at least 4 members (excludes halogenated alkanes) is 1. The predicted molar refractivity (Wildman–Crippen MR) is 68.9 cm³/mol. The fraction of sp³-hybridized carbons (Fsp3) is 0.923. The van der Waals surface area contributed by atoms with Crippen LogP contribution in [0.25, 0.3) is 0 Å².